The Balaban J connectivity index is 1.52. The first-order valence-electron chi connectivity index (χ1n) is 10.9. The molecule has 0 radical (unpaired) electrons. The molecule has 0 aliphatic carbocycles. The number of para-hydroxylation sites is 2. The molecule has 0 saturated carbocycles. The molecule has 188 valence electrons. The SMILES string of the molecule is C#CCn1c(=NC(=O)COCC(=O)N=c2sc3cccc(OC)c3n2CC#C)sc2cccc(OC)c21. The lowest BCUT2D eigenvalue weighted by atomic mass is 10.3. The topological polar surface area (TPSA) is 96.4 Å². The van der Waals surface area contributed by atoms with Gasteiger partial charge < -0.3 is 23.3 Å². The van der Waals surface area contributed by atoms with Crippen LogP contribution in [0.1, 0.15) is 0 Å². The Morgan fingerprint density at radius 3 is 1.62 bits per heavy atom. The van der Waals surface area contributed by atoms with Gasteiger partial charge in [0.05, 0.1) is 36.7 Å². The predicted octanol–water partition coefficient (Wildman–Crippen LogP) is 2.57. The number of terminal acetylenes is 2. The molecule has 9 nitrogen and oxygen atoms in total. The van der Waals surface area contributed by atoms with Crippen molar-refractivity contribution < 1.29 is 23.8 Å². The number of aromatic nitrogens is 2. The number of hydrogen-bond donors (Lipinski definition) is 0. The molecule has 2 aromatic heterocycles. The Labute approximate surface area is 220 Å². The number of rotatable bonds is 8. The Hall–Kier alpha value is -4.16. The molecule has 0 spiro atoms. The molecule has 4 aromatic rings. The highest BCUT2D eigenvalue weighted by Crippen LogP contribution is 2.28. The minimum Gasteiger partial charge on any atom is -0.495 e. The van der Waals surface area contributed by atoms with Gasteiger partial charge in [-0.05, 0) is 24.3 Å². The largest absolute Gasteiger partial charge is 0.495 e. The highest BCUT2D eigenvalue weighted by atomic mass is 32.1. The second-order valence-corrected chi connectivity index (χ2v) is 9.49. The number of fused-ring (bicyclic) bond motifs is 2. The molecular weight excluding hydrogens is 512 g/mol. The third kappa shape index (κ3) is 5.49. The number of carbonyl (C=O) groups is 2. The van der Waals surface area contributed by atoms with E-state index in [0.29, 0.717) is 21.1 Å². The van der Waals surface area contributed by atoms with Crippen molar-refractivity contribution in [1.82, 2.24) is 9.13 Å². The first kappa shape index (κ1) is 25.9. The van der Waals surface area contributed by atoms with Gasteiger partial charge in [-0.25, -0.2) is 0 Å². The Morgan fingerprint density at radius 1 is 0.811 bits per heavy atom. The molecule has 2 aromatic carbocycles. The van der Waals surface area contributed by atoms with Crippen LogP contribution in [0.15, 0.2) is 46.4 Å². The molecule has 0 fully saturated rings. The fraction of sp³-hybridized carbons (Fsp3) is 0.231. The molecule has 37 heavy (non-hydrogen) atoms. The molecule has 11 heteroatoms. The number of hydrogen-bond acceptors (Lipinski definition) is 7. The smallest absolute Gasteiger partial charge is 0.274 e. The minimum atomic E-state index is -0.557. The van der Waals surface area contributed by atoms with Gasteiger partial charge in [-0.15, -0.1) is 12.8 Å². The van der Waals surface area contributed by atoms with Crippen molar-refractivity contribution in [2.24, 2.45) is 9.98 Å². The van der Waals surface area contributed by atoms with E-state index in [1.165, 1.54) is 22.7 Å². The number of nitrogens with zero attached hydrogens (tertiary/aromatic N) is 4. The van der Waals surface area contributed by atoms with Gasteiger partial charge in [-0.3, -0.25) is 9.59 Å². The minimum absolute atomic E-state index is 0.211. The molecule has 0 aliphatic rings. The third-order valence-corrected chi connectivity index (χ3v) is 7.25. The van der Waals surface area contributed by atoms with Crippen LogP contribution in [-0.2, 0) is 27.4 Å². The van der Waals surface area contributed by atoms with Gasteiger partial charge in [0, 0.05) is 0 Å². The van der Waals surface area contributed by atoms with Crippen molar-refractivity contribution >= 4 is 54.9 Å². The van der Waals surface area contributed by atoms with E-state index in [2.05, 4.69) is 21.8 Å². The lowest BCUT2D eigenvalue weighted by Gasteiger charge is -2.05. The summed E-state index contributed by atoms with van der Waals surface area (Å²) in [6, 6.07) is 11.1. The van der Waals surface area contributed by atoms with E-state index in [9.17, 15) is 9.59 Å². The molecule has 0 bridgehead atoms. The molecule has 2 amide bonds. The summed E-state index contributed by atoms with van der Waals surface area (Å²) in [5, 5.41) is 0. The van der Waals surface area contributed by atoms with Gasteiger partial charge in [0.25, 0.3) is 11.8 Å². The van der Waals surface area contributed by atoms with Crippen LogP contribution < -0.4 is 19.1 Å². The van der Waals surface area contributed by atoms with Crippen molar-refractivity contribution in [2.75, 3.05) is 27.4 Å². The van der Waals surface area contributed by atoms with E-state index in [1.807, 2.05) is 36.4 Å². The lowest BCUT2D eigenvalue weighted by Crippen LogP contribution is -2.21. The molecule has 2 heterocycles. The number of benzene rings is 2. The van der Waals surface area contributed by atoms with E-state index >= 15 is 0 Å². The second-order valence-electron chi connectivity index (χ2n) is 7.47. The first-order chi connectivity index (χ1) is 18.0. The van der Waals surface area contributed by atoms with Gasteiger partial charge in [-0.1, -0.05) is 46.6 Å². The summed E-state index contributed by atoms with van der Waals surface area (Å²) in [6.07, 6.45) is 11.0. The third-order valence-electron chi connectivity index (χ3n) is 5.16. The summed E-state index contributed by atoms with van der Waals surface area (Å²) in [7, 11) is 3.13. The first-order valence-corrected chi connectivity index (χ1v) is 12.6. The Morgan fingerprint density at radius 2 is 1.24 bits per heavy atom. The summed E-state index contributed by atoms with van der Waals surface area (Å²) < 4.78 is 21.4. The average Bonchev–Trinajstić information content (AvgIpc) is 3.41. The number of amides is 2. The summed E-state index contributed by atoms with van der Waals surface area (Å²) >= 11 is 2.61. The van der Waals surface area contributed by atoms with E-state index in [1.54, 1.807) is 23.4 Å². The highest BCUT2D eigenvalue weighted by molar-refractivity contribution is 7.16. The summed E-state index contributed by atoms with van der Waals surface area (Å²) in [4.78, 5) is 34.1. The van der Waals surface area contributed by atoms with Crippen LogP contribution in [0.2, 0.25) is 0 Å². The van der Waals surface area contributed by atoms with Crippen LogP contribution in [0.25, 0.3) is 20.4 Å². The summed E-state index contributed by atoms with van der Waals surface area (Å²) in [5.74, 6) is 5.28. The predicted molar refractivity (Wildman–Crippen MR) is 142 cm³/mol. The number of methoxy groups -OCH3 is 2. The van der Waals surface area contributed by atoms with Crippen LogP contribution in [0, 0.1) is 24.7 Å². The van der Waals surface area contributed by atoms with E-state index in [4.69, 9.17) is 27.1 Å². The second kappa shape index (κ2) is 11.7. The molecule has 4 rings (SSSR count). The van der Waals surface area contributed by atoms with Crippen LogP contribution in [0.3, 0.4) is 0 Å². The average molecular weight is 535 g/mol. The van der Waals surface area contributed by atoms with Crippen molar-refractivity contribution in [3.63, 3.8) is 0 Å². The standard InChI is InChI=1S/C26H22N4O5S2/c1-5-13-29-23-17(33-3)9-7-11-19(23)36-25(29)27-21(31)15-35-16-22(32)28-26-30(14-6-2)24-18(34-4)10-8-12-20(24)37-26/h1-2,7-12H,13-16H2,3-4H3. The quantitative estimate of drug-likeness (QED) is 0.324. The van der Waals surface area contributed by atoms with E-state index < -0.39 is 25.0 Å². The molecule has 0 aliphatic heterocycles. The fourth-order valence-electron chi connectivity index (χ4n) is 3.67. The number of thiazole rings is 2. The Bertz CT molecular complexity index is 1580. The molecule has 0 saturated heterocycles. The van der Waals surface area contributed by atoms with Gasteiger partial charge in [0.15, 0.2) is 9.60 Å². The monoisotopic (exact) mass is 534 g/mol. The van der Waals surface area contributed by atoms with Crippen molar-refractivity contribution in [2.45, 2.75) is 13.1 Å². The molecule has 0 unspecified atom stereocenters. The number of carbonyl (C=O) groups excluding carboxylic acids is 2. The van der Waals surface area contributed by atoms with Crippen molar-refractivity contribution in [3.8, 4) is 36.2 Å². The van der Waals surface area contributed by atoms with Gasteiger partial charge in [0.1, 0.15) is 35.7 Å². The summed E-state index contributed by atoms with van der Waals surface area (Å²) in [6.45, 7) is -0.370. The normalized spacial score (nSPS) is 12.0. The van der Waals surface area contributed by atoms with E-state index in [0.717, 1.165) is 20.4 Å². The van der Waals surface area contributed by atoms with E-state index in [-0.39, 0.29) is 13.1 Å². The van der Waals surface area contributed by atoms with Gasteiger partial charge in [-0.2, -0.15) is 9.98 Å². The van der Waals surface area contributed by atoms with Gasteiger partial charge >= 0.3 is 0 Å². The van der Waals surface area contributed by atoms with Crippen LogP contribution >= 0.6 is 22.7 Å². The Kier molecular flexibility index (Phi) is 8.21. The lowest BCUT2D eigenvalue weighted by molar-refractivity contribution is -0.127. The molecule has 0 atom stereocenters. The fourth-order valence-corrected chi connectivity index (χ4v) is 5.80. The zero-order valence-electron chi connectivity index (χ0n) is 20.1. The van der Waals surface area contributed by atoms with Crippen molar-refractivity contribution in [3.05, 3.63) is 46.0 Å². The van der Waals surface area contributed by atoms with Crippen LogP contribution in [0.5, 0.6) is 11.5 Å². The van der Waals surface area contributed by atoms with Gasteiger partial charge in [0.2, 0.25) is 0 Å². The zero-order valence-corrected chi connectivity index (χ0v) is 21.7. The zero-order chi connectivity index (χ0) is 26.4. The molecular formula is C26H22N4O5S2. The maximum Gasteiger partial charge on any atom is 0.274 e. The van der Waals surface area contributed by atoms with Crippen LogP contribution in [0.4, 0.5) is 0 Å². The summed E-state index contributed by atoms with van der Waals surface area (Å²) in [5.41, 5.74) is 1.52. The van der Waals surface area contributed by atoms with Crippen LogP contribution in [-0.4, -0.2) is 48.4 Å². The number of ether oxygens (including phenoxy) is 3. The molecule has 0 N–H and O–H groups in total. The maximum absolute atomic E-state index is 12.5. The van der Waals surface area contributed by atoms with Crippen molar-refractivity contribution in [1.29, 1.82) is 0 Å². The maximum atomic E-state index is 12.5. The highest BCUT2D eigenvalue weighted by Gasteiger charge is 2.14.